The molecule has 43 heavy (non-hydrogen) atoms. The number of amides is 2. The first-order chi connectivity index (χ1) is 20.3. The molecule has 0 unspecified atom stereocenters. The van der Waals surface area contributed by atoms with Crippen molar-refractivity contribution in [3.05, 3.63) is 68.7 Å². The van der Waals surface area contributed by atoms with Gasteiger partial charge < -0.3 is 20.0 Å². The van der Waals surface area contributed by atoms with Crippen molar-refractivity contribution >= 4 is 68.5 Å². The van der Waals surface area contributed by atoms with E-state index in [4.69, 9.17) is 23.2 Å². The number of piperazine rings is 2. The molecule has 0 radical (unpaired) electrons. The van der Waals surface area contributed by atoms with E-state index in [1.165, 1.54) is 0 Å². The highest BCUT2D eigenvalue weighted by Gasteiger charge is 2.26. The highest BCUT2D eigenvalue weighted by Crippen LogP contribution is 2.35. The minimum absolute atomic E-state index is 0.0332. The van der Waals surface area contributed by atoms with E-state index in [9.17, 15) is 27.2 Å². The zero-order valence-corrected chi connectivity index (χ0v) is 24.9. The number of benzene rings is 2. The van der Waals surface area contributed by atoms with E-state index < -0.39 is 23.3 Å². The third kappa shape index (κ3) is 5.98. The summed E-state index contributed by atoms with van der Waals surface area (Å²) in [5.74, 6) is -2.09. The molecule has 4 aromatic rings. The van der Waals surface area contributed by atoms with Crippen LogP contribution >= 0.6 is 23.2 Å². The van der Waals surface area contributed by atoms with Gasteiger partial charge in [0.15, 0.2) is 0 Å². The molecule has 0 spiro atoms. The van der Waals surface area contributed by atoms with Gasteiger partial charge in [-0.1, -0.05) is 23.2 Å². The number of nitrogens with zero attached hydrogens (tertiary/aromatic N) is 5. The lowest BCUT2D eigenvalue weighted by atomic mass is 10.1. The monoisotopic (exact) mass is 636 g/mol. The van der Waals surface area contributed by atoms with E-state index in [0.29, 0.717) is 48.9 Å². The van der Waals surface area contributed by atoms with Crippen LogP contribution < -0.4 is 15.1 Å². The number of hydrogen-bond donors (Lipinski definition) is 1. The van der Waals surface area contributed by atoms with Gasteiger partial charge in [0.1, 0.15) is 34.9 Å². The summed E-state index contributed by atoms with van der Waals surface area (Å²) in [6.07, 6.45) is 0. The first-order valence-electron chi connectivity index (χ1n) is 13.3. The molecule has 0 saturated carbocycles. The molecule has 2 aliphatic rings. The van der Waals surface area contributed by atoms with Crippen LogP contribution in [0.2, 0.25) is 10.0 Å². The van der Waals surface area contributed by atoms with Gasteiger partial charge >= 0.3 is 0 Å². The van der Waals surface area contributed by atoms with Crippen LogP contribution in [0.5, 0.6) is 0 Å². The Labute approximate surface area is 254 Å². The summed E-state index contributed by atoms with van der Waals surface area (Å²) < 4.78 is 54.6. The summed E-state index contributed by atoms with van der Waals surface area (Å²) in [7, 11) is 1.73. The van der Waals surface area contributed by atoms with Crippen molar-refractivity contribution in [3.63, 3.8) is 0 Å². The van der Waals surface area contributed by atoms with Crippen molar-refractivity contribution < 1.29 is 27.2 Å². The van der Waals surface area contributed by atoms with Crippen molar-refractivity contribution in [2.24, 2.45) is 0 Å². The number of fused-ring (bicyclic) bond motifs is 2. The second-order valence-corrected chi connectivity index (χ2v) is 11.1. The van der Waals surface area contributed by atoms with E-state index >= 15 is 0 Å². The van der Waals surface area contributed by atoms with Crippen LogP contribution in [0.15, 0.2) is 24.3 Å². The summed E-state index contributed by atoms with van der Waals surface area (Å²) in [4.78, 5) is 37.1. The second-order valence-electron chi connectivity index (χ2n) is 10.3. The van der Waals surface area contributed by atoms with Crippen molar-refractivity contribution in [2.45, 2.75) is 13.8 Å². The summed E-state index contributed by atoms with van der Waals surface area (Å²) in [6.45, 7) is 5.96. The Balaban J connectivity index is 0.000000171. The SMILES string of the molecule is Cc1c(N2CCN(C)C(=O)C2)nc2cc(F)cc(F)c2c1Cl.Cc1c(N2CCNC(=O)C2)nc2cc(F)cc(F)c2c1Cl. The van der Waals surface area contributed by atoms with Crippen molar-refractivity contribution in [1.29, 1.82) is 0 Å². The minimum Gasteiger partial charge on any atom is -0.353 e. The zero-order chi connectivity index (χ0) is 31.2. The van der Waals surface area contributed by atoms with Crippen LogP contribution in [0.1, 0.15) is 11.1 Å². The Bertz CT molecular complexity index is 1790. The maximum atomic E-state index is 13.9. The molecule has 0 aliphatic carbocycles. The Morgan fingerprint density at radius 1 is 0.744 bits per heavy atom. The van der Waals surface area contributed by atoms with E-state index in [1.807, 2.05) is 0 Å². The van der Waals surface area contributed by atoms with Crippen LogP contribution in [0, 0.1) is 37.1 Å². The van der Waals surface area contributed by atoms with Crippen LogP contribution in [0.3, 0.4) is 0 Å². The van der Waals surface area contributed by atoms with Crippen LogP contribution in [0.4, 0.5) is 29.2 Å². The molecule has 2 aromatic heterocycles. The predicted octanol–water partition coefficient (Wildman–Crippen LogP) is 5.16. The summed E-state index contributed by atoms with van der Waals surface area (Å²) >= 11 is 12.5. The fourth-order valence-electron chi connectivity index (χ4n) is 5.07. The zero-order valence-electron chi connectivity index (χ0n) is 23.4. The van der Waals surface area contributed by atoms with Gasteiger partial charge in [0, 0.05) is 68.6 Å². The fraction of sp³-hybridized carbons (Fsp3) is 0.310. The van der Waals surface area contributed by atoms with Crippen molar-refractivity contribution in [3.8, 4) is 0 Å². The smallest absolute Gasteiger partial charge is 0.241 e. The van der Waals surface area contributed by atoms with E-state index in [-0.39, 0.29) is 56.8 Å². The molecule has 6 rings (SSSR count). The van der Waals surface area contributed by atoms with E-state index in [1.54, 1.807) is 35.6 Å². The quantitative estimate of drug-likeness (QED) is 0.306. The molecule has 2 aromatic carbocycles. The fourth-order valence-corrected chi connectivity index (χ4v) is 5.62. The Hall–Kier alpha value is -3.90. The normalized spacial score (nSPS) is 15.6. The lowest BCUT2D eigenvalue weighted by Gasteiger charge is -2.33. The molecule has 2 saturated heterocycles. The lowest BCUT2D eigenvalue weighted by Crippen LogP contribution is -2.49. The Kier molecular flexibility index (Phi) is 8.53. The number of likely N-dealkylation sites (N-methyl/N-ethyl adjacent to an activating group) is 1. The van der Waals surface area contributed by atoms with E-state index in [2.05, 4.69) is 15.3 Å². The van der Waals surface area contributed by atoms with Crippen LogP contribution in [0.25, 0.3) is 21.8 Å². The standard InChI is InChI=1S/C15H14ClF2N3O.C14H12ClF2N3O/c1-8-14(16)13-10(18)5-9(17)6-11(13)19-15(8)21-4-3-20(2)12(22)7-21;1-7-13(15)12-9(17)4-8(16)5-10(12)19-14(7)20-3-2-18-11(21)6-20/h5-6H,3-4,7H2,1-2H3;4-5H,2-3,6H2,1H3,(H,18,21). The summed E-state index contributed by atoms with van der Waals surface area (Å²) in [5.41, 5.74) is 1.44. The first kappa shape index (κ1) is 30.6. The number of anilines is 2. The number of halogens is 6. The van der Waals surface area contributed by atoms with Gasteiger partial charge in [-0.15, -0.1) is 0 Å². The van der Waals surface area contributed by atoms with Crippen molar-refractivity contribution in [2.75, 3.05) is 56.1 Å². The molecular formula is C29H26Cl2F4N6O2. The lowest BCUT2D eigenvalue weighted by molar-refractivity contribution is -0.129. The van der Waals surface area contributed by atoms with Gasteiger partial charge in [-0.25, -0.2) is 27.5 Å². The number of aromatic nitrogens is 2. The number of nitrogens with one attached hydrogen (secondary N) is 1. The third-order valence-corrected chi connectivity index (χ3v) is 8.33. The third-order valence-electron chi connectivity index (χ3n) is 7.38. The summed E-state index contributed by atoms with van der Waals surface area (Å²) in [6, 6.07) is 3.85. The highest BCUT2D eigenvalue weighted by atomic mass is 35.5. The molecule has 2 fully saturated rings. The average molecular weight is 637 g/mol. The number of hydrogen-bond acceptors (Lipinski definition) is 6. The molecule has 14 heteroatoms. The van der Waals surface area contributed by atoms with E-state index in [0.717, 1.165) is 24.3 Å². The van der Waals surface area contributed by atoms with Gasteiger partial charge in [0.25, 0.3) is 0 Å². The van der Waals surface area contributed by atoms with Crippen LogP contribution in [-0.2, 0) is 9.59 Å². The minimum atomic E-state index is -0.742. The first-order valence-corrected chi connectivity index (χ1v) is 14.0. The number of carbonyl (C=O) groups is 2. The highest BCUT2D eigenvalue weighted by molar-refractivity contribution is 6.37. The molecular weight excluding hydrogens is 611 g/mol. The largest absolute Gasteiger partial charge is 0.353 e. The average Bonchev–Trinajstić information content (AvgIpc) is 2.93. The van der Waals surface area contributed by atoms with Gasteiger partial charge in [-0.3, -0.25) is 9.59 Å². The molecule has 0 atom stereocenters. The molecule has 4 heterocycles. The molecule has 226 valence electrons. The topological polar surface area (TPSA) is 81.7 Å². The number of carbonyl (C=O) groups excluding carboxylic acids is 2. The molecule has 8 nitrogen and oxygen atoms in total. The molecule has 2 aliphatic heterocycles. The maximum absolute atomic E-state index is 13.9. The van der Waals surface area contributed by atoms with Crippen molar-refractivity contribution in [1.82, 2.24) is 20.2 Å². The van der Waals surface area contributed by atoms with Gasteiger partial charge in [-0.05, 0) is 13.8 Å². The van der Waals surface area contributed by atoms with Gasteiger partial charge in [-0.2, -0.15) is 0 Å². The van der Waals surface area contributed by atoms with Crippen LogP contribution in [-0.4, -0.2) is 73.0 Å². The number of rotatable bonds is 2. The molecule has 0 bridgehead atoms. The Morgan fingerprint density at radius 2 is 1.23 bits per heavy atom. The maximum Gasteiger partial charge on any atom is 0.241 e. The van der Waals surface area contributed by atoms with Gasteiger partial charge in [0.05, 0.1) is 44.9 Å². The predicted molar refractivity (Wildman–Crippen MR) is 158 cm³/mol. The Morgan fingerprint density at radius 3 is 1.70 bits per heavy atom. The molecule has 1 N–H and O–H groups in total. The molecule has 2 amide bonds. The number of pyridine rings is 2. The van der Waals surface area contributed by atoms with Gasteiger partial charge in [0.2, 0.25) is 11.8 Å². The second kappa shape index (κ2) is 12.0. The summed E-state index contributed by atoms with van der Waals surface area (Å²) in [5, 5.41) is 3.30.